The number of nitrogens with zero attached hydrogens (tertiary/aromatic N) is 1. The maximum atomic E-state index is 10.9. The molecule has 54 valence electrons. The maximum Gasteiger partial charge on any atom is 0.337 e. The molecule has 10 heavy (non-hydrogen) atoms. The van der Waals surface area contributed by atoms with E-state index in [2.05, 4.69) is 0 Å². The van der Waals surface area contributed by atoms with Gasteiger partial charge in [0.05, 0.1) is 4.92 Å². The van der Waals surface area contributed by atoms with Crippen molar-refractivity contribution in [2.24, 2.45) is 0 Å². The number of allylic oxidation sites excluding steroid dienone is 3. The summed E-state index contributed by atoms with van der Waals surface area (Å²) in [6.45, 7) is 1.60. The van der Waals surface area contributed by atoms with Crippen LogP contribution in [0.15, 0.2) is 22.1 Å². The van der Waals surface area contributed by atoms with Gasteiger partial charge in [0.25, 0.3) is 0 Å². The van der Waals surface area contributed by atoms with Gasteiger partial charge in [0, 0.05) is 11.0 Å². The van der Waals surface area contributed by atoms with Crippen molar-refractivity contribution in [1.82, 2.24) is 0 Å². The van der Waals surface area contributed by atoms with Crippen LogP contribution in [0.4, 0.5) is 0 Å². The predicted molar refractivity (Wildman–Crippen MR) is 37.0 cm³/mol. The molecular weight excluding hydrogens is 154 g/mol. The predicted octanol–water partition coefficient (Wildman–Crippen LogP) is 0.771. The lowest BCUT2D eigenvalue weighted by Gasteiger charge is -1.89. The van der Waals surface area contributed by atoms with Crippen LogP contribution in [-0.4, -0.2) is 9.13 Å². The summed E-state index contributed by atoms with van der Waals surface area (Å²) in [5.41, 5.74) is 0. The summed E-state index contributed by atoms with van der Waals surface area (Å²) in [6, 6.07) is 0. The topological polar surface area (TPSA) is 60.2 Å². The molecule has 0 bridgehead atoms. The van der Waals surface area contributed by atoms with Crippen LogP contribution < -0.4 is 0 Å². The van der Waals surface area contributed by atoms with E-state index >= 15 is 0 Å². The lowest BCUT2D eigenvalue weighted by Crippen LogP contribution is -2.02. The molecule has 0 radical (unpaired) electrons. The van der Waals surface area contributed by atoms with Gasteiger partial charge in [-0.25, -0.2) is 4.21 Å². The molecule has 0 N–H and O–H groups in total. The Morgan fingerprint density at radius 3 is 2.40 bits per heavy atom. The first kappa shape index (κ1) is 7.14. The molecule has 1 rings (SSSR count). The minimum atomic E-state index is -1.51. The molecule has 0 aliphatic carbocycles. The van der Waals surface area contributed by atoms with Crippen LogP contribution in [-0.2, 0) is 10.8 Å². The van der Waals surface area contributed by atoms with Crippen molar-refractivity contribution in [2.45, 2.75) is 6.92 Å². The summed E-state index contributed by atoms with van der Waals surface area (Å²) in [4.78, 5) is 9.98. The van der Waals surface area contributed by atoms with E-state index in [1.165, 1.54) is 12.2 Å². The Morgan fingerprint density at radius 1 is 1.60 bits per heavy atom. The van der Waals surface area contributed by atoms with Gasteiger partial charge in [-0.15, -0.1) is 0 Å². The fourth-order valence-electron chi connectivity index (χ4n) is 0.606. The summed E-state index contributed by atoms with van der Waals surface area (Å²) in [6.07, 6.45) is 2.76. The van der Waals surface area contributed by atoms with Crippen molar-refractivity contribution in [3.05, 3.63) is 32.2 Å². The summed E-state index contributed by atoms with van der Waals surface area (Å²) in [5.74, 6) is 0. The van der Waals surface area contributed by atoms with Crippen molar-refractivity contribution >= 4 is 10.8 Å². The van der Waals surface area contributed by atoms with Gasteiger partial charge in [-0.05, 0) is 13.0 Å². The third-order valence-corrected chi connectivity index (χ3v) is 2.51. The Kier molecular flexibility index (Phi) is 1.67. The van der Waals surface area contributed by atoms with E-state index in [0.29, 0.717) is 4.91 Å². The van der Waals surface area contributed by atoms with Crippen molar-refractivity contribution < 1.29 is 9.13 Å². The van der Waals surface area contributed by atoms with E-state index < -0.39 is 15.7 Å². The molecule has 1 aliphatic heterocycles. The van der Waals surface area contributed by atoms with Crippen LogP contribution in [0.5, 0.6) is 0 Å². The van der Waals surface area contributed by atoms with Gasteiger partial charge in [-0.3, -0.25) is 10.1 Å². The van der Waals surface area contributed by atoms with Gasteiger partial charge in [0.1, 0.15) is 0 Å². The summed E-state index contributed by atoms with van der Waals surface area (Å²) in [5, 5.41) is 9.84. The van der Waals surface area contributed by atoms with Gasteiger partial charge >= 0.3 is 5.03 Å². The molecule has 1 heterocycles. The maximum absolute atomic E-state index is 10.9. The Morgan fingerprint density at radius 2 is 2.20 bits per heavy atom. The van der Waals surface area contributed by atoms with Crippen LogP contribution in [0, 0.1) is 10.1 Å². The number of hydrogen-bond donors (Lipinski definition) is 0. The Hall–Kier alpha value is -0.970. The quantitative estimate of drug-likeness (QED) is 0.419. The zero-order valence-corrected chi connectivity index (χ0v) is 6.05. The number of hydrogen-bond acceptors (Lipinski definition) is 3. The van der Waals surface area contributed by atoms with Crippen LogP contribution >= 0.6 is 0 Å². The van der Waals surface area contributed by atoms with E-state index in [-0.39, 0.29) is 5.03 Å². The zero-order chi connectivity index (χ0) is 7.72. The van der Waals surface area contributed by atoms with Crippen molar-refractivity contribution in [3.8, 4) is 0 Å². The highest BCUT2D eigenvalue weighted by molar-refractivity contribution is 7.92. The lowest BCUT2D eigenvalue weighted by atomic mass is 10.5. The van der Waals surface area contributed by atoms with Gasteiger partial charge in [0.15, 0.2) is 10.8 Å². The first-order valence-electron chi connectivity index (χ1n) is 2.57. The van der Waals surface area contributed by atoms with E-state index in [1.54, 1.807) is 6.92 Å². The highest BCUT2D eigenvalue weighted by atomic mass is 32.2. The molecule has 1 atom stereocenters. The SMILES string of the molecule is CC1=CC=C([N+](=O)[O-])S1=O. The van der Waals surface area contributed by atoms with Gasteiger partial charge < -0.3 is 0 Å². The third kappa shape index (κ3) is 0.995. The van der Waals surface area contributed by atoms with Crippen molar-refractivity contribution in [2.75, 3.05) is 0 Å². The standard InChI is InChI=1S/C5H5NO3S/c1-4-2-3-5(6(7)8)10(4)9/h2-3H,1H3. The molecule has 1 unspecified atom stereocenters. The molecule has 0 saturated heterocycles. The second kappa shape index (κ2) is 2.34. The minimum absolute atomic E-state index is 0.225. The fourth-order valence-corrected chi connectivity index (χ4v) is 1.45. The molecule has 1 aliphatic rings. The molecule has 4 nitrogen and oxygen atoms in total. The van der Waals surface area contributed by atoms with Crippen molar-refractivity contribution in [3.63, 3.8) is 0 Å². The lowest BCUT2D eigenvalue weighted by molar-refractivity contribution is -0.410. The molecule has 0 fully saturated rings. The van der Waals surface area contributed by atoms with Gasteiger partial charge in [-0.1, -0.05) is 0 Å². The monoisotopic (exact) mass is 159 g/mol. The molecule has 5 heteroatoms. The number of rotatable bonds is 1. The second-order valence-electron chi connectivity index (χ2n) is 1.81. The van der Waals surface area contributed by atoms with E-state index in [9.17, 15) is 14.3 Å². The molecule has 0 aromatic carbocycles. The Bertz CT molecular complexity index is 266. The normalized spacial score (nSPS) is 23.9. The molecule has 0 aromatic rings. The third-order valence-electron chi connectivity index (χ3n) is 1.12. The van der Waals surface area contributed by atoms with Crippen LogP contribution in [0.25, 0.3) is 0 Å². The van der Waals surface area contributed by atoms with Gasteiger partial charge in [-0.2, -0.15) is 0 Å². The molecule has 0 saturated carbocycles. The molecule has 0 aromatic heterocycles. The highest BCUT2D eigenvalue weighted by Gasteiger charge is 2.24. The Labute approximate surface area is 59.8 Å². The molecule has 0 spiro atoms. The fraction of sp³-hybridized carbons (Fsp3) is 0.200. The zero-order valence-electron chi connectivity index (χ0n) is 5.23. The van der Waals surface area contributed by atoms with Crippen LogP contribution in [0.2, 0.25) is 0 Å². The van der Waals surface area contributed by atoms with E-state index in [4.69, 9.17) is 0 Å². The average molecular weight is 159 g/mol. The molecule has 0 amide bonds. The van der Waals surface area contributed by atoms with Gasteiger partial charge in [0.2, 0.25) is 0 Å². The van der Waals surface area contributed by atoms with Crippen LogP contribution in [0.3, 0.4) is 0 Å². The summed E-state index contributed by atoms with van der Waals surface area (Å²) in [7, 11) is -1.51. The minimum Gasteiger partial charge on any atom is -0.258 e. The number of nitro groups is 1. The first-order chi connectivity index (χ1) is 4.63. The van der Waals surface area contributed by atoms with Crippen molar-refractivity contribution in [1.29, 1.82) is 0 Å². The first-order valence-corrected chi connectivity index (χ1v) is 3.72. The molecular formula is C5H5NO3S. The average Bonchev–Trinajstić information content (AvgIpc) is 2.14. The highest BCUT2D eigenvalue weighted by Crippen LogP contribution is 2.18. The van der Waals surface area contributed by atoms with E-state index in [1.807, 2.05) is 0 Å². The smallest absolute Gasteiger partial charge is 0.258 e. The summed E-state index contributed by atoms with van der Waals surface area (Å²) < 4.78 is 10.9. The van der Waals surface area contributed by atoms with Crippen LogP contribution in [0.1, 0.15) is 6.92 Å². The van der Waals surface area contributed by atoms with E-state index in [0.717, 1.165) is 0 Å². The summed E-state index contributed by atoms with van der Waals surface area (Å²) >= 11 is 0. The second-order valence-corrected chi connectivity index (χ2v) is 3.41. The largest absolute Gasteiger partial charge is 0.337 e. The Balaban J connectivity index is 2.92.